The Kier molecular flexibility index (Phi) is 4.84. The summed E-state index contributed by atoms with van der Waals surface area (Å²) < 4.78 is 12.6. The first-order chi connectivity index (χ1) is 8.04. The highest BCUT2D eigenvalue weighted by molar-refractivity contribution is 5.91. The largest absolute Gasteiger partial charge is 0.394 e. The fraction of sp³-hybridized carbons (Fsp3) is 0.308. The average molecular weight is 237 g/mol. The van der Waals surface area contributed by atoms with Gasteiger partial charge in [-0.25, -0.2) is 4.39 Å². The Morgan fingerprint density at radius 1 is 1.47 bits per heavy atom. The van der Waals surface area contributed by atoms with E-state index in [0.717, 1.165) is 5.56 Å². The number of nitrogens with zero attached hydrogens (tertiary/aromatic N) is 1. The van der Waals surface area contributed by atoms with E-state index in [2.05, 4.69) is 0 Å². The zero-order chi connectivity index (χ0) is 12.8. The van der Waals surface area contributed by atoms with Crippen LogP contribution in [0.25, 0.3) is 6.08 Å². The van der Waals surface area contributed by atoms with Gasteiger partial charge in [-0.3, -0.25) is 4.79 Å². The number of likely N-dealkylation sites (N-methyl/N-ethyl adjacent to an activating group) is 1. The lowest BCUT2D eigenvalue weighted by atomic mass is 10.2. The monoisotopic (exact) mass is 237 g/mol. The Labute approximate surface area is 100 Å². The quantitative estimate of drug-likeness (QED) is 0.809. The smallest absolute Gasteiger partial charge is 0.246 e. The summed E-state index contributed by atoms with van der Waals surface area (Å²) in [6, 6.07) is 5.64. The van der Waals surface area contributed by atoms with Gasteiger partial charge < -0.3 is 10.0 Å². The van der Waals surface area contributed by atoms with E-state index < -0.39 is 0 Å². The lowest BCUT2D eigenvalue weighted by Gasteiger charge is -2.21. The minimum Gasteiger partial charge on any atom is -0.394 e. The summed E-state index contributed by atoms with van der Waals surface area (Å²) in [4.78, 5) is 13.1. The van der Waals surface area contributed by atoms with Crippen molar-refractivity contribution in [2.24, 2.45) is 0 Å². The predicted molar refractivity (Wildman–Crippen MR) is 64.8 cm³/mol. The van der Waals surface area contributed by atoms with Gasteiger partial charge in [-0.15, -0.1) is 0 Å². The molecule has 17 heavy (non-hydrogen) atoms. The van der Waals surface area contributed by atoms with Gasteiger partial charge in [0.2, 0.25) is 5.91 Å². The molecule has 3 nitrogen and oxygen atoms in total. The molecule has 0 saturated heterocycles. The number of hydrogen-bond donors (Lipinski definition) is 1. The Hall–Kier alpha value is -1.68. The number of carbonyl (C=O) groups excluding carboxylic acids is 1. The summed E-state index contributed by atoms with van der Waals surface area (Å²) in [5.74, 6) is -0.504. The van der Waals surface area contributed by atoms with Gasteiger partial charge in [-0.1, -0.05) is 12.1 Å². The number of carbonyl (C=O) groups is 1. The van der Waals surface area contributed by atoms with Gasteiger partial charge in [0, 0.05) is 13.1 Å². The van der Waals surface area contributed by atoms with Crippen LogP contribution in [0.2, 0.25) is 0 Å². The Morgan fingerprint density at radius 2 is 2.06 bits per heavy atom. The van der Waals surface area contributed by atoms with Gasteiger partial charge in [0.25, 0.3) is 0 Å². The lowest BCUT2D eigenvalue weighted by molar-refractivity contribution is -0.127. The normalized spacial score (nSPS) is 12.7. The van der Waals surface area contributed by atoms with Crippen LogP contribution in [0, 0.1) is 5.82 Å². The summed E-state index contributed by atoms with van der Waals surface area (Å²) >= 11 is 0. The second-order valence-corrected chi connectivity index (χ2v) is 3.87. The van der Waals surface area contributed by atoms with E-state index in [-0.39, 0.29) is 24.4 Å². The van der Waals surface area contributed by atoms with Crippen LogP contribution in [0.4, 0.5) is 4.39 Å². The third-order valence-electron chi connectivity index (χ3n) is 2.56. The summed E-state index contributed by atoms with van der Waals surface area (Å²) in [6.07, 6.45) is 3.02. The van der Waals surface area contributed by atoms with Gasteiger partial charge in [-0.05, 0) is 30.7 Å². The molecule has 0 aliphatic carbocycles. The molecule has 0 spiro atoms. The van der Waals surface area contributed by atoms with Crippen LogP contribution in [0.1, 0.15) is 12.5 Å². The molecular formula is C13H16FNO2. The number of aliphatic hydroxyl groups excluding tert-OH is 1. The standard InChI is InChI=1S/C13H16FNO2/c1-10(9-16)15(2)13(17)8-5-11-3-6-12(14)7-4-11/h3-8,10,16H,9H2,1-2H3/b8-5+. The molecule has 0 bridgehead atoms. The van der Waals surface area contributed by atoms with Crippen LogP contribution in [0.5, 0.6) is 0 Å². The molecule has 0 radical (unpaired) electrons. The minimum absolute atomic E-state index is 0.0768. The Bertz CT molecular complexity index is 400. The molecule has 1 N–H and O–H groups in total. The van der Waals surface area contributed by atoms with E-state index in [9.17, 15) is 9.18 Å². The number of halogens is 1. The van der Waals surface area contributed by atoms with E-state index in [1.54, 1.807) is 32.2 Å². The fourth-order valence-electron chi connectivity index (χ4n) is 1.20. The molecular weight excluding hydrogens is 221 g/mol. The minimum atomic E-state index is -0.306. The Balaban J connectivity index is 2.65. The molecule has 92 valence electrons. The van der Waals surface area contributed by atoms with E-state index in [4.69, 9.17) is 5.11 Å². The first-order valence-corrected chi connectivity index (χ1v) is 5.36. The zero-order valence-electron chi connectivity index (χ0n) is 9.93. The molecule has 0 heterocycles. The topological polar surface area (TPSA) is 40.5 Å². The summed E-state index contributed by atoms with van der Waals surface area (Å²) in [6.45, 7) is 1.68. The molecule has 1 amide bonds. The summed E-state index contributed by atoms with van der Waals surface area (Å²) in [5.41, 5.74) is 0.754. The van der Waals surface area contributed by atoms with Crippen LogP contribution in [0.15, 0.2) is 30.3 Å². The van der Waals surface area contributed by atoms with Crippen LogP contribution < -0.4 is 0 Å². The Morgan fingerprint density at radius 3 is 2.59 bits per heavy atom. The lowest BCUT2D eigenvalue weighted by Crippen LogP contribution is -2.36. The molecule has 0 saturated carbocycles. The molecule has 4 heteroatoms. The molecule has 0 aliphatic rings. The van der Waals surface area contributed by atoms with Gasteiger partial charge in [0.1, 0.15) is 5.82 Å². The van der Waals surface area contributed by atoms with Gasteiger partial charge >= 0.3 is 0 Å². The highest BCUT2D eigenvalue weighted by Gasteiger charge is 2.11. The van der Waals surface area contributed by atoms with Crippen molar-refractivity contribution in [3.05, 3.63) is 41.7 Å². The second kappa shape index (κ2) is 6.15. The SMILES string of the molecule is CC(CO)N(C)C(=O)/C=C/c1ccc(F)cc1. The number of rotatable bonds is 4. The van der Waals surface area contributed by atoms with Gasteiger partial charge in [0.15, 0.2) is 0 Å². The number of amides is 1. The fourth-order valence-corrected chi connectivity index (χ4v) is 1.20. The summed E-state index contributed by atoms with van der Waals surface area (Å²) in [5, 5.41) is 8.91. The van der Waals surface area contributed by atoms with Crippen molar-refractivity contribution in [3.63, 3.8) is 0 Å². The molecule has 1 aromatic carbocycles. The van der Waals surface area contributed by atoms with Crippen molar-refractivity contribution in [1.82, 2.24) is 4.90 Å². The maximum Gasteiger partial charge on any atom is 0.246 e. The van der Waals surface area contributed by atoms with Gasteiger partial charge in [0.05, 0.1) is 12.6 Å². The van der Waals surface area contributed by atoms with Crippen molar-refractivity contribution in [2.45, 2.75) is 13.0 Å². The number of aliphatic hydroxyl groups is 1. The molecule has 1 rings (SSSR count). The van der Waals surface area contributed by atoms with E-state index in [0.29, 0.717) is 0 Å². The first-order valence-electron chi connectivity index (χ1n) is 5.36. The van der Waals surface area contributed by atoms with Crippen molar-refractivity contribution in [1.29, 1.82) is 0 Å². The number of benzene rings is 1. The molecule has 0 aliphatic heterocycles. The maximum absolute atomic E-state index is 12.6. The molecule has 1 atom stereocenters. The maximum atomic E-state index is 12.6. The van der Waals surface area contributed by atoms with Crippen molar-refractivity contribution in [2.75, 3.05) is 13.7 Å². The van der Waals surface area contributed by atoms with Crippen LogP contribution in [-0.2, 0) is 4.79 Å². The molecule has 1 aromatic rings. The zero-order valence-corrected chi connectivity index (χ0v) is 9.93. The first kappa shape index (κ1) is 13.4. The third-order valence-corrected chi connectivity index (χ3v) is 2.56. The summed E-state index contributed by atoms with van der Waals surface area (Å²) in [7, 11) is 1.62. The van der Waals surface area contributed by atoms with Crippen LogP contribution in [-0.4, -0.2) is 35.6 Å². The van der Waals surface area contributed by atoms with E-state index in [1.165, 1.54) is 23.1 Å². The average Bonchev–Trinajstić information content (AvgIpc) is 2.35. The van der Waals surface area contributed by atoms with Gasteiger partial charge in [-0.2, -0.15) is 0 Å². The van der Waals surface area contributed by atoms with Crippen molar-refractivity contribution >= 4 is 12.0 Å². The molecule has 0 aromatic heterocycles. The molecule has 1 unspecified atom stereocenters. The van der Waals surface area contributed by atoms with Crippen LogP contribution >= 0.6 is 0 Å². The molecule has 0 fully saturated rings. The van der Waals surface area contributed by atoms with Crippen molar-refractivity contribution in [3.8, 4) is 0 Å². The second-order valence-electron chi connectivity index (χ2n) is 3.87. The van der Waals surface area contributed by atoms with Crippen molar-refractivity contribution < 1.29 is 14.3 Å². The van der Waals surface area contributed by atoms with Crippen LogP contribution in [0.3, 0.4) is 0 Å². The number of hydrogen-bond acceptors (Lipinski definition) is 2. The van der Waals surface area contributed by atoms with E-state index in [1.807, 2.05) is 0 Å². The predicted octanol–water partition coefficient (Wildman–Crippen LogP) is 1.68. The highest BCUT2D eigenvalue weighted by Crippen LogP contribution is 2.05. The highest BCUT2D eigenvalue weighted by atomic mass is 19.1. The van der Waals surface area contributed by atoms with E-state index >= 15 is 0 Å². The third kappa shape index (κ3) is 4.00.